The molecule has 0 radical (unpaired) electrons. The third-order valence-corrected chi connectivity index (χ3v) is 1.88. The van der Waals surface area contributed by atoms with E-state index in [9.17, 15) is 4.79 Å². The van der Waals surface area contributed by atoms with Gasteiger partial charge in [-0.2, -0.15) is 5.06 Å². The molecular weight excluding hydrogens is 178 g/mol. The quantitative estimate of drug-likeness (QED) is 0.619. The summed E-state index contributed by atoms with van der Waals surface area (Å²) < 4.78 is 0. The van der Waals surface area contributed by atoms with Crippen LogP contribution in [-0.2, 0) is 9.63 Å². The van der Waals surface area contributed by atoms with E-state index in [1.165, 1.54) is 0 Å². The highest BCUT2D eigenvalue weighted by molar-refractivity contribution is 6.64. The highest BCUT2D eigenvalue weighted by Crippen LogP contribution is 2.22. The maximum atomic E-state index is 10.6. The number of rotatable bonds is 2. The molecule has 70 valence electrons. The van der Waals surface area contributed by atoms with Crippen LogP contribution in [0, 0.1) is 5.92 Å². The van der Waals surface area contributed by atoms with Gasteiger partial charge in [0.05, 0.1) is 11.5 Å². The smallest absolute Gasteiger partial charge is 0.227 e. The van der Waals surface area contributed by atoms with Gasteiger partial charge in [-0.1, -0.05) is 0 Å². The van der Waals surface area contributed by atoms with E-state index in [-0.39, 0.29) is 16.8 Å². The lowest BCUT2D eigenvalue weighted by Gasteiger charge is -2.39. The van der Waals surface area contributed by atoms with E-state index in [1.54, 1.807) is 5.06 Å². The van der Waals surface area contributed by atoms with Crippen LogP contribution in [0.15, 0.2) is 0 Å². The lowest BCUT2D eigenvalue weighted by Crippen LogP contribution is -2.51. The van der Waals surface area contributed by atoms with Crippen molar-refractivity contribution in [1.29, 1.82) is 0 Å². The van der Waals surface area contributed by atoms with Gasteiger partial charge in [0, 0.05) is 13.1 Å². The molecule has 0 N–H and O–H groups in total. The van der Waals surface area contributed by atoms with E-state index in [0.717, 1.165) is 0 Å². The molecule has 0 saturated carbocycles. The van der Waals surface area contributed by atoms with Crippen LogP contribution in [0.2, 0.25) is 0 Å². The maximum absolute atomic E-state index is 10.6. The lowest BCUT2D eigenvalue weighted by molar-refractivity contribution is -0.270. The molecule has 1 fully saturated rings. The summed E-state index contributed by atoms with van der Waals surface area (Å²) in [6.45, 7) is 7.17. The Morgan fingerprint density at radius 2 is 2.00 bits per heavy atom. The number of hydrogen-bond acceptors (Lipinski definition) is 3. The van der Waals surface area contributed by atoms with E-state index in [0.29, 0.717) is 13.1 Å². The number of hydrogen-bond donors (Lipinski definition) is 0. The molecule has 1 rings (SSSR count). The SMILES string of the molecule is CC(C)(C)ON1CC(C(=O)Cl)C1. The zero-order valence-electron chi connectivity index (χ0n) is 7.63. The normalized spacial score (nSPS) is 20.7. The predicted octanol–water partition coefficient (Wildman–Crippen LogP) is 1.41. The molecule has 0 aromatic rings. The van der Waals surface area contributed by atoms with E-state index >= 15 is 0 Å². The topological polar surface area (TPSA) is 29.5 Å². The van der Waals surface area contributed by atoms with E-state index < -0.39 is 0 Å². The molecule has 1 aliphatic heterocycles. The van der Waals surface area contributed by atoms with Gasteiger partial charge in [0.1, 0.15) is 0 Å². The molecule has 1 saturated heterocycles. The van der Waals surface area contributed by atoms with Crippen molar-refractivity contribution in [1.82, 2.24) is 5.06 Å². The molecule has 0 bridgehead atoms. The van der Waals surface area contributed by atoms with Crippen molar-refractivity contribution in [2.45, 2.75) is 26.4 Å². The number of nitrogens with zero attached hydrogens (tertiary/aromatic N) is 1. The first-order chi connectivity index (χ1) is 5.38. The Morgan fingerprint density at radius 1 is 1.50 bits per heavy atom. The molecule has 0 aliphatic carbocycles. The number of halogens is 1. The molecule has 12 heavy (non-hydrogen) atoms. The Kier molecular flexibility index (Phi) is 2.76. The zero-order valence-corrected chi connectivity index (χ0v) is 8.39. The number of hydroxylamine groups is 2. The fraction of sp³-hybridized carbons (Fsp3) is 0.875. The zero-order chi connectivity index (χ0) is 9.35. The van der Waals surface area contributed by atoms with Crippen molar-refractivity contribution in [3.05, 3.63) is 0 Å². The van der Waals surface area contributed by atoms with Gasteiger partial charge >= 0.3 is 0 Å². The van der Waals surface area contributed by atoms with Gasteiger partial charge in [-0.3, -0.25) is 9.63 Å². The Bertz CT molecular complexity index is 182. The second kappa shape index (κ2) is 3.32. The summed E-state index contributed by atoms with van der Waals surface area (Å²) in [5.74, 6) is -0.0333. The summed E-state index contributed by atoms with van der Waals surface area (Å²) in [6.07, 6.45) is 0. The second-order valence-electron chi connectivity index (χ2n) is 4.05. The molecule has 1 heterocycles. The van der Waals surface area contributed by atoms with Gasteiger partial charge in [-0.05, 0) is 32.4 Å². The number of carbonyl (C=O) groups excluding carboxylic acids is 1. The van der Waals surface area contributed by atoms with Crippen molar-refractivity contribution in [3.8, 4) is 0 Å². The van der Waals surface area contributed by atoms with Crippen LogP contribution >= 0.6 is 11.6 Å². The summed E-state index contributed by atoms with van der Waals surface area (Å²) in [6, 6.07) is 0. The van der Waals surface area contributed by atoms with Crippen molar-refractivity contribution in [2.24, 2.45) is 5.92 Å². The average Bonchev–Trinajstić information content (AvgIpc) is 1.74. The molecule has 0 unspecified atom stereocenters. The Labute approximate surface area is 77.6 Å². The van der Waals surface area contributed by atoms with Gasteiger partial charge in [-0.15, -0.1) is 0 Å². The summed E-state index contributed by atoms with van der Waals surface area (Å²) in [4.78, 5) is 16.1. The van der Waals surface area contributed by atoms with E-state index in [2.05, 4.69) is 0 Å². The van der Waals surface area contributed by atoms with Gasteiger partial charge in [0.25, 0.3) is 0 Å². The van der Waals surface area contributed by atoms with Crippen LogP contribution in [0.3, 0.4) is 0 Å². The molecule has 0 atom stereocenters. The fourth-order valence-electron chi connectivity index (χ4n) is 1.04. The maximum Gasteiger partial charge on any atom is 0.227 e. The molecule has 1 aliphatic rings. The summed E-state index contributed by atoms with van der Waals surface area (Å²) in [5.41, 5.74) is -0.180. The van der Waals surface area contributed by atoms with Crippen LogP contribution < -0.4 is 0 Å². The average molecular weight is 192 g/mol. The van der Waals surface area contributed by atoms with Crippen LogP contribution in [0.4, 0.5) is 0 Å². The van der Waals surface area contributed by atoms with Crippen LogP contribution in [0.1, 0.15) is 20.8 Å². The van der Waals surface area contributed by atoms with Crippen molar-refractivity contribution < 1.29 is 9.63 Å². The van der Waals surface area contributed by atoms with Gasteiger partial charge < -0.3 is 0 Å². The monoisotopic (exact) mass is 191 g/mol. The van der Waals surface area contributed by atoms with E-state index in [1.807, 2.05) is 20.8 Å². The lowest BCUT2D eigenvalue weighted by atomic mass is 10.1. The number of carbonyl (C=O) groups is 1. The second-order valence-corrected chi connectivity index (χ2v) is 4.42. The minimum atomic E-state index is -0.260. The summed E-state index contributed by atoms with van der Waals surface area (Å²) >= 11 is 5.30. The third-order valence-electron chi connectivity index (χ3n) is 1.57. The van der Waals surface area contributed by atoms with E-state index in [4.69, 9.17) is 16.4 Å². The molecule has 4 heteroatoms. The molecule has 0 aromatic heterocycles. The van der Waals surface area contributed by atoms with Crippen LogP contribution in [0.5, 0.6) is 0 Å². The molecule has 0 spiro atoms. The Balaban J connectivity index is 2.22. The third kappa shape index (κ3) is 2.73. The Hall–Kier alpha value is -0.120. The standard InChI is InChI=1S/C8H14ClNO2/c1-8(2,3)12-10-4-6(5-10)7(9)11/h6H,4-5H2,1-3H3. The van der Waals surface area contributed by atoms with Crippen LogP contribution in [-0.4, -0.2) is 29.0 Å². The molecule has 3 nitrogen and oxygen atoms in total. The first-order valence-corrected chi connectivity index (χ1v) is 4.40. The van der Waals surface area contributed by atoms with Crippen molar-refractivity contribution >= 4 is 16.8 Å². The highest BCUT2D eigenvalue weighted by Gasteiger charge is 2.34. The molecular formula is C8H14ClNO2. The molecule has 0 amide bonds. The minimum Gasteiger partial charge on any atom is -0.293 e. The van der Waals surface area contributed by atoms with Crippen molar-refractivity contribution in [2.75, 3.05) is 13.1 Å². The molecule has 0 aromatic carbocycles. The Morgan fingerprint density at radius 3 is 2.33 bits per heavy atom. The summed E-state index contributed by atoms with van der Waals surface area (Å²) in [7, 11) is 0. The highest BCUT2D eigenvalue weighted by atomic mass is 35.5. The van der Waals surface area contributed by atoms with Gasteiger partial charge in [0.15, 0.2) is 0 Å². The summed E-state index contributed by atoms with van der Waals surface area (Å²) in [5, 5.41) is 1.51. The van der Waals surface area contributed by atoms with Gasteiger partial charge in [0.2, 0.25) is 5.24 Å². The van der Waals surface area contributed by atoms with Gasteiger partial charge in [-0.25, -0.2) is 0 Å². The van der Waals surface area contributed by atoms with Crippen molar-refractivity contribution in [3.63, 3.8) is 0 Å². The predicted molar refractivity (Wildman–Crippen MR) is 46.8 cm³/mol. The largest absolute Gasteiger partial charge is 0.293 e. The fourth-order valence-corrected chi connectivity index (χ4v) is 1.18. The van der Waals surface area contributed by atoms with Crippen LogP contribution in [0.25, 0.3) is 0 Å². The minimum absolute atomic E-state index is 0.0333. The first kappa shape index (κ1) is 9.96. The first-order valence-electron chi connectivity index (χ1n) is 4.02.